The van der Waals surface area contributed by atoms with Crippen LogP contribution in [0, 0.1) is 5.82 Å². The zero-order valence-corrected chi connectivity index (χ0v) is 19.2. The topological polar surface area (TPSA) is 66.6 Å². The molecule has 1 saturated heterocycles. The van der Waals surface area contributed by atoms with Crippen LogP contribution in [0.25, 0.3) is 27.3 Å². The number of piperazine rings is 1. The Morgan fingerprint density at radius 2 is 1.85 bits per heavy atom. The summed E-state index contributed by atoms with van der Waals surface area (Å²) < 4.78 is 15.3. The number of para-hydroxylation sites is 1. The molecule has 34 heavy (non-hydrogen) atoms. The van der Waals surface area contributed by atoms with Crippen molar-refractivity contribution >= 4 is 39.7 Å². The number of anilines is 1. The maximum absolute atomic E-state index is 13.3. The van der Waals surface area contributed by atoms with Crippen LogP contribution in [0.1, 0.15) is 17.3 Å². The molecule has 0 aliphatic carbocycles. The van der Waals surface area contributed by atoms with Crippen molar-refractivity contribution in [3.63, 3.8) is 0 Å². The molecule has 0 saturated carbocycles. The Balaban J connectivity index is 1.39. The average molecular weight is 473 g/mol. The number of hydrogen-bond donors (Lipinski definition) is 0. The number of fused-ring (bicyclic) bond motifs is 3. The lowest BCUT2D eigenvalue weighted by molar-refractivity contribution is 0.0673. The molecular formula is C25H21FN6OS. The smallest absolute Gasteiger partial charge is 0.254 e. The zero-order valence-electron chi connectivity index (χ0n) is 18.4. The monoisotopic (exact) mass is 472 g/mol. The molecule has 0 bridgehead atoms. The third kappa shape index (κ3) is 3.40. The summed E-state index contributed by atoms with van der Waals surface area (Å²) in [5.41, 5.74) is 2.11. The SMILES string of the molecule is C[C@H]1CN(c2nc3ccccc3c3nnc(-c4cccs4)n23)CCN1C(=O)c1ccc(F)cc1. The van der Waals surface area contributed by atoms with E-state index in [-0.39, 0.29) is 17.8 Å². The fraction of sp³-hybridized carbons (Fsp3) is 0.200. The van der Waals surface area contributed by atoms with E-state index < -0.39 is 0 Å². The highest BCUT2D eigenvalue weighted by molar-refractivity contribution is 7.13. The van der Waals surface area contributed by atoms with Crippen molar-refractivity contribution in [3.05, 3.63) is 77.4 Å². The first-order valence-electron chi connectivity index (χ1n) is 11.1. The molecule has 0 radical (unpaired) electrons. The van der Waals surface area contributed by atoms with E-state index in [0.29, 0.717) is 25.2 Å². The molecule has 1 atom stereocenters. The lowest BCUT2D eigenvalue weighted by atomic mass is 10.1. The van der Waals surface area contributed by atoms with E-state index in [2.05, 4.69) is 15.1 Å². The Labute approximate surface area is 199 Å². The fourth-order valence-electron chi connectivity index (χ4n) is 4.54. The summed E-state index contributed by atoms with van der Waals surface area (Å²) in [6, 6.07) is 17.6. The molecule has 1 aliphatic rings. The van der Waals surface area contributed by atoms with E-state index in [9.17, 15) is 9.18 Å². The first-order chi connectivity index (χ1) is 16.6. The molecule has 0 spiro atoms. The lowest BCUT2D eigenvalue weighted by Gasteiger charge is -2.40. The third-order valence-electron chi connectivity index (χ3n) is 6.23. The van der Waals surface area contributed by atoms with E-state index in [0.717, 1.165) is 33.2 Å². The van der Waals surface area contributed by atoms with Gasteiger partial charge in [-0.05, 0) is 54.8 Å². The molecule has 1 fully saturated rings. The predicted molar refractivity (Wildman–Crippen MR) is 131 cm³/mol. The fourth-order valence-corrected chi connectivity index (χ4v) is 5.24. The van der Waals surface area contributed by atoms with Crippen LogP contribution in [-0.2, 0) is 0 Å². The second kappa shape index (κ2) is 8.18. The van der Waals surface area contributed by atoms with Crippen LogP contribution in [0.15, 0.2) is 66.0 Å². The molecule has 6 rings (SSSR count). The molecule has 0 unspecified atom stereocenters. The van der Waals surface area contributed by atoms with E-state index >= 15 is 0 Å². The highest BCUT2D eigenvalue weighted by Gasteiger charge is 2.31. The Hall–Kier alpha value is -3.85. The number of amides is 1. The molecule has 4 heterocycles. The van der Waals surface area contributed by atoms with E-state index in [1.165, 1.54) is 24.3 Å². The third-order valence-corrected chi connectivity index (χ3v) is 7.10. The van der Waals surface area contributed by atoms with Crippen LogP contribution >= 0.6 is 11.3 Å². The Morgan fingerprint density at radius 3 is 2.62 bits per heavy atom. The number of rotatable bonds is 3. The minimum atomic E-state index is -0.351. The van der Waals surface area contributed by atoms with Crippen molar-refractivity contribution in [2.45, 2.75) is 13.0 Å². The van der Waals surface area contributed by atoms with Gasteiger partial charge in [-0.15, -0.1) is 21.5 Å². The van der Waals surface area contributed by atoms with Gasteiger partial charge < -0.3 is 9.80 Å². The summed E-state index contributed by atoms with van der Waals surface area (Å²) >= 11 is 1.61. The van der Waals surface area contributed by atoms with Crippen molar-refractivity contribution in [1.29, 1.82) is 0 Å². The first kappa shape index (κ1) is 20.7. The highest BCUT2D eigenvalue weighted by Crippen LogP contribution is 2.31. The summed E-state index contributed by atoms with van der Waals surface area (Å²) in [7, 11) is 0. The molecule has 0 N–H and O–H groups in total. The molecule has 1 amide bonds. The van der Waals surface area contributed by atoms with Gasteiger partial charge in [0.2, 0.25) is 5.95 Å². The van der Waals surface area contributed by atoms with Crippen LogP contribution in [-0.4, -0.2) is 56.1 Å². The van der Waals surface area contributed by atoms with Crippen LogP contribution in [0.5, 0.6) is 0 Å². The number of carbonyl (C=O) groups is 1. The zero-order chi connectivity index (χ0) is 23.2. The molecule has 5 aromatic rings. The molecule has 2 aromatic carbocycles. The maximum Gasteiger partial charge on any atom is 0.254 e. The van der Waals surface area contributed by atoms with Crippen LogP contribution in [0.4, 0.5) is 10.3 Å². The molecule has 3 aromatic heterocycles. The largest absolute Gasteiger partial charge is 0.338 e. The summed E-state index contributed by atoms with van der Waals surface area (Å²) in [6.07, 6.45) is 0. The second-order valence-electron chi connectivity index (χ2n) is 8.39. The van der Waals surface area contributed by atoms with Crippen molar-refractivity contribution in [2.24, 2.45) is 0 Å². The Kier molecular flexibility index (Phi) is 4.99. The van der Waals surface area contributed by atoms with Crippen molar-refractivity contribution in [3.8, 4) is 10.7 Å². The molecule has 7 nitrogen and oxygen atoms in total. The van der Waals surface area contributed by atoms with Gasteiger partial charge in [-0.2, -0.15) is 0 Å². The van der Waals surface area contributed by atoms with Crippen molar-refractivity contribution in [1.82, 2.24) is 24.5 Å². The number of aromatic nitrogens is 4. The summed E-state index contributed by atoms with van der Waals surface area (Å²) in [4.78, 5) is 23.1. The van der Waals surface area contributed by atoms with Crippen molar-refractivity contribution in [2.75, 3.05) is 24.5 Å². The van der Waals surface area contributed by atoms with Gasteiger partial charge in [-0.1, -0.05) is 18.2 Å². The van der Waals surface area contributed by atoms with E-state index in [1.54, 1.807) is 11.3 Å². The summed E-state index contributed by atoms with van der Waals surface area (Å²) in [5, 5.41) is 12.0. The van der Waals surface area contributed by atoms with Gasteiger partial charge in [0.05, 0.1) is 10.4 Å². The lowest BCUT2D eigenvalue weighted by Crippen LogP contribution is -2.54. The quantitative estimate of drug-likeness (QED) is 0.387. The maximum atomic E-state index is 13.3. The van der Waals surface area contributed by atoms with Gasteiger partial charge in [-0.25, -0.2) is 13.8 Å². The van der Waals surface area contributed by atoms with Crippen molar-refractivity contribution < 1.29 is 9.18 Å². The first-order valence-corrected chi connectivity index (χ1v) is 12.0. The van der Waals surface area contributed by atoms with Gasteiger partial charge >= 0.3 is 0 Å². The standard InChI is InChI=1S/C25H21FN6OS/c1-16-15-30(12-13-31(16)24(33)17-8-10-18(26)11-9-17)25-27-20-6-3-2-5-19(20)22-28-29-23(32(22)25)21-7-4-14-34-21/h2-11,14,16H,12-13,15H2,1H3/t16-/m0/s1. The van der Waals surface area contributed by atoms with Gasteiger partial charge in [-0.3, -0.25) is 4.79 Å². The van der Waals surface area contributed by atoms with Crippen LogP contribution in [0.2, 0.25) is 0 Å². The Morgan fingerprint density at radius 1 is 1.03 bits per heavy atom. The summed E-state index contributed by atoms with van der Waals surface area (Å²) in [5.74, 6) is 1.09. The number of carbonyl (C=O) groups excluding carboxylic acids is 1. The van der Waals surface area contributed by atoms with E-state index in [4.69, 9.17) is 4.98 Å². The number of halogens is 1. The minimum absolute atomic E-state index is 0.0590. The molecule has 170 valence electrons. The summed E-state index contributed by atoms with van der Waals surface area (Å²) in [6.45, 7) is 3.78. The van der Waals surface area contributed by atoms with E-state index in [1.807, 2.05) is 58.0 Å². The number of benzene rings is 2. The molecule has 1 aliphatic heterocycles. The number of thiophene rings is 1. The van der Waals surface area contributed by atoms with Crippen LogP contribution < -0.4 is 4.90 Å². The highest BCUT2D eigenvalue weighted by atomic mass is 32.1. The predicted octanol–water partition coefficient (Wildman–Crippen LogP) is 4.50. The second-order valence-corrected chi connectivity index (χ2v) is 9.34. The Bertz CT molecular complexity index is 1500. The van der Waals surface area contributed by atoms with Gasteiger partial charge in [0.1, 0.15) is 5.82 Å². The van der Waals surface area contributed by atoms with Gasteiger partial charge in [0, 0.05) is 36.6 Å². The number of hydrogen-bond acceptors (Lipinski definition) is 6. The van der Waals surface area contributed by atoms with Crippen LogP contribution in [0.3, 0.4) is 0 Å². The number of nitrogens with zero attached hydrogens (tertiary/aromatic N) is 6. The minimum Gasteiger partial charge on any atom is -0.338 e. The normalized spacial score (nSPS) is 16.5. The van der Waals surface area contributed by atoms with Gasteiger partial charge in [0.15, 0.2) is 11.5 Å². The molecule has 9 heteroatoms. The average Bonchev–Trinajstić information content (AvgIpc) is 3.54. The molecular weight excluding hydrogens is 451 g/mol. The van der Waals surface area contributed by atoms with Gasteiger partial charge in [0.25, 0.3) is 5.91 Å².